The number of pyridine rings is 1. The normalized spacial score (nSPS) is 25.4. The predicted octanol–water partition coefficient (Wildman–Crippen LogP) is 3.53. The molecule has 1 aliphatic heterocycles. The minimum atomic E-state index is -0.600. The molecule has 0 amide bonds. The zero-order chi connectivity index (χ0) is 19.0. The Hall–Kier alpha value is -2.73. The van der Waals surface area contributed by atoms with Gasteiger partial charge in [-0.05, 0) is 37.0 Å². The van der Waals surface area contributed by atoms with Crippen LogP contribution in [0.4, 0.5) is 0 Å². The van der Waals surface area contributed by atoms with Gasteiger partial charge in [0.1, 0.15) is 18.2 Å². The van der Waals surface area contributed by atoms with E-state index in [4.69, 9.17) is 9.47 Å². The van der Waals surface area contributed by atoms with Crippen LogP contribution in [0.25, 0.3) is 11.0 Å². The number of rotatable bonds is 5. The molecule has 0 bridgehead atoms. The summed E-state index contributed by atoms with van der Waals surface area (Å²) in [6, 6.07) is 11.9. The van der Waals surface area contributed by atoms with E-state index in [9.17, 15) is 4.79 Å². The lowest BCUT2D eigenvalue weighted by Gasteiger charge is -2.42. The number of benzene rings is 1. The summed E-state index contributed by atoms with van der Waals surface area (Å²) in [5.74, 6) is 1.85. The minimum absolute atomic E-state index is 0.0353. The zero-order valence-electron chi connectivity index (χ0n) is 15.6. The lowest BCUT2D eigenvalue weighted by molar-refractivity contribution is -0.119. The van der Waals surface area contributed by atoms with Gasteiger partial charge in [-0.25, -0.2) is 9.97 Å². The van der Waals surface area contributed by atoms with E-state index < -0.39 is 5.41 Å². The van der Waals surface area contributed by atoms with Crippen LogP contribution in [0.5, 0.6) is 5.88 Å². The largest absolute Gasteiger partial charge is 0.474 e. The molecule has 6 nitrogen and oxygen atoms in total. The fourth-order valence-electron chi connectivity index (χ4n) is 4.35. The van der Waals surface area contributed by atoms with Gasteiger partial charge in [0.2, 0.25) is 5.88 Å². The first-order chi connectivity index (χ1) is 13.8. The van der Waals surface area contributed by atoms with Crippen molar-refractivity contribution >= 4 is 17.3 Å². The number of carbonyl (C=O) groups excluding carboxylic acids is 1. The minimum Gasteiger partial charge on any atom is -0.474 e. The Morgan fingerprint density at radius 2 is 1.96 bits per heavy atom. The van der Waals surface area contributed by atoms with Crippen LogP contribution in [0.3, 0.4) is 0 Å². The highest BCUT2D eigenvalue weighted by atomic mass is 16.5. The van der Waals surface area contributed by atoms with Crippen molar-refractivity contribution in [3.8, 4) is 5.88 Å². The van der Waals surface area contributed by atoms with Crippen LogP contribution in [0.2, 0.25) is 0 Å². The second-order valence-electron chi connectivity index (χ2n) is 7.81. The first-order valence-corrected chi connectivity index (χ1v) is 9.88. The van der Waals surface area contributed by atoms with Gasteiger partial charge in [0.05, 0.1) is 16.4 Å². The van der Waals surface area contributed by atoms with Gasteiger partial charge in [0, 0.05) is 37.8 Å². The van der Waals surface area contributed by atoms with Crippen molar-refractivity contribution in [2.45, 2.75) is 43.1 Å². The first-order valence-electron chi connectivity index (χ1n) is 9.88. The third-order valence-corrected chi connectivity index (χ3v) is 6.01. The molecule has 1 aromatic carbocycles. The van der Waals surface area contributed by atoms with Crippen molar-refractivity contribution in [1.29, 1.82) is 0 Å². The molecule has 5 rings (SSSR count). The van der Waals surface area contributed by atoms with E-state index in [1.807, 2.05) is 30.3 Å². The summed E-state index contributed by atoms with van der Waals surface area (Å²) in [6.07, 6.45) is 5.95. The smallest absolute Gasteiger partial charge is 0.217 e. The number of aromatic amines is 1. The van der Waals surface area contributed by atoms with Gasteiger partial charge >= 0.3 is 0 Å². The molecule has 28 heavy (non-hydrogen) atoms. The Morgan fingerprint density at radius 3 is 2.75 bits per heavy atom. The van der Waals surface area contributed by atoms with E-state index in [1.165, 1.54) is 0 Å². The maximum absolute atomic E-state index is 12.0. The molecule has 6 heteroatoms. The molecule has 0 unspecified atom stereocenters. The van der Waals surface area contributed by atoms with E-state index in [0.717, 1.165) is 54.8 Å². The fraction of sp³-hybridized carbons (Fsp3) is 0.409. The van der Waals surface area contributed by atoms with Crippen LogP contribution in [-0.4, -0.2) is 40.6 Å². The van der Waals surface area contributed by atoms with Crippen LogP contribution < -0.4 is 4.74 Å². The molecule has 1 aliphatic carbocycles. The monoisotopic (exact) mass is 377 g/mol. The molecule has 1 saturated carbocycles. The maximum Gasteiger partial charge on any atom is 0.217 e. The highest BCUT2D eigenvalue weighted by Crippen LogP contribution is 2.44. The molecule has 2 aliphatic rings. The number of hydrogen-bond donors (Lipinski definition) is 1. The van der Waals surface area contributed by atoms with Crippen LogP contribution in [-0.2, 0) is 14.9 Å². The first kappa shape index (κ1) is 17.4. The molecule has 144 valence electrons. The number of nitrogens with one attached hydrogen (secondary N) is 1. The molecule has 0 radical (unpaired) electrons. The Balaban J connectivity index is 1.33. The Labute approximate surface area is 163 Å². The average Bonchev–Trinajstić information content (AvgIpc) is 3.16. The molecular formula is C22H23N3O3. The number of fused-ring (bicyclic) bond motifs is 1. The number of ether oxygens (including phenoxy) is 2. The molecule has 3 heterocycles. The number of aromatic nitrogens is 3. The molecule has 0 atom stereocenters. The van der Waals surface area contributed by atoms with Gasteiger partial charge in [-0.15, -0.1) is 0 Å². The molecular weight excluding hydrogens is 354 g/mol. The van der Waals surface area contributed by atoms with Crippen molar-refractivity contribution in [2.75, 3.05) is 13.2 Å². The van der Waals surface area contributed by atoms with Crippen molar-refractivity contribution in [3.63, 3.8) is 0 Å². The number of carbonyl (C=O) groups is 1. The highest BCUT2D eigenvalue weighted by molar-refractivity contribution is 5.78. The summed E-state index contributed by atoms with van der Waals surface area (Å²) in [4.78, 5) is 24.4. The molecule has 0 spiro atoms. The zero-order valence-corrected chi connectivity index (χ0v) is 15.6. The average molecular weight is 377 g/mol. The van der Waals surface area contributed by atoms with E-state index in [1.54, 1.807) is 6.20 Å². The van der Waals surface area contributed by atoms with Gasteiger partial charge in [-0.3, -0.25) is 0 Å². The SMILES string of the molecule is O=C[C@]1(c2nc3ccccc3[nH]2)C[C@@H](Oc2ncccc2C2CCOCC2)C1. The lowest BCUT2D eigenvalue weighted by Crippen LogP contribution is -2.49. The third kappa shape index (κ3) is 2.98. The Bertz CT molecular complexity index is 954. The van der Waals surface area contributed by atoms with Crippen molar-refractivity contribution < 1.29 is 14.3 Å². The van der Waals surface area contributed by atoms with Crippen molar-refractivity contribution in [1.82, 2.24) is 15.0 Å². The van der Waals surface area contributed by atoms with Gasteiger partial charge < -0.3 is 19.3 Å². The van der Waals surface area contributed by atoms with E-state index in [-0.39, 0.29) is 6.10 Å². The van der Waals surface area contributed by atoms with Crippen LogP contribution in [0, 0.1) is 0 Å². The van der Waals surface area contributed by atoms with Gasteiger partial charge in [0.15, 0.2) is 0 Å². The molecule has 3 aromatic rings. The predicted molar refractivity (Wildman–Crippen MR) is 105 cm³/mol. The van der Waals surface area contributed by atoms with Crippen LogP contribution in [0.1, 0.15) is 43.0 Å². The second kappa shape index (κ2) is 7.02. The van der Waals surface area contributed by atoms with E-state index in [0.29, 0.717) is 24.6 Å². The van der Waals surface area contributed by atoms with Crippen LogP contribution >= 0.6 is 0 Å². The number of H-pyrrole nitrogens is 1. The van der Waals surface area contributed by atoms with E-state index in [2.05, 4.69) is 21.0 Å². The number of hydrogen-bond acceptors (Lipinski definition) is 5. The Kier molecular flexibility index (Phi) is 4.36. The topological polar surface area (TPSA) is 77.1 Å². The van der Waals surface area contributed by atoms with Crippen molar-refractivity contribution in [2.24, 2.45) is 0 Å². The molecule has 1 saturated heterocycles. The fourth-order valence-corrected chi connectivity index (χ4v) is 4.35. The standard InChI is InChI=1S/C22H23N3O3/c26-14-22(21-24-18-5-1-2-6-19(18)25-21)12-16(13-22)28-20-17(4-3-9-23-20)15-7-10-27-11-8-15/h1-6,9,14-16H,7-8,10-13H2,(H,24,25)/t16-,22+. The summed E-state index contributed by atoms with van der Waals surface area (Å²) in [7, 11) is 0. The van der Waals surface area contributed by atoms with E-state index >= 15 is 0 Å². The Morgan fingerprint density at radius 1 is 1.14 bits per heavy atom. The number of para-hydroxylation sites is 2. The van der Waals surface area contributed by atoms with Gasteiger partial charge in [-0.2, -0.15) is 0 Å². The van der Waals surface area contributed by atoms with Crippen molar-refractivity contribution in [3.05, 3.63) is 54.0 Å². The third-order valence-electron chi connectivity index (χ3n) is 6.01. The maximum atomic E-state index is 12.0. The summed E-state index contributed by atoms with van der Waals surface area (Å²) < 4.78 is 11.7. The van der Waals surface area contributed by atoms with Gasteiger partial charge in [-0.1, -0.05) is 18.2 Å². The van der Waals surface area contributed by atoms with Crippen LogP contribution in [0.15, 0.2) is 42.6 Å². The molecule has 2 fully saturated rings. The molecule has 1 N–H and O–H groups in total. The summed E-state index contributed by atoms with van der Waals surface area (Å²) in [6.45, 7) is 1.56. The highest BCUT2D eigenvalue weighted by Gasteiger charge is 2.49. The lowest BCUT2D eigenvalue weighted by atomic mass is 9.67. The summed E-state index contributed by atoms with van der Waals surface area (Å²) in [5, 5.41) is 0. The molecule has 2 aromatic heterocycles. The second-order valence-corrected chi connectivity index (χ2v) is 7.81. The quantitative estimate of drug-likeness (QED) is 0.688. The summed E-state index contributed by atoms with van der Waals surface area (Å²) >= 11 is 0. The number of imidazole rings is 1. The van der Waals surface area contributed by atoms with Gasteiger partial charge in [0.25, 0.3) is 0 Å². The number of aldehydes is 1. The summed E-state index contributed by atoms with van der Waals surface area (Å²) in [5.41, 5.74) is 2.39. The number of nitrogens with zero attached hydrogens (tertiary/aromatic N) is 2.